The lowest BCUT2D eigenvalue weighted by Crippen LogP contribution is -2.24. The molecule has 0 unspecified atom stereocenters. The van der Waals surface area contributed by atoms with Gasteiger partial charge in [-0.1, -0.05) is 25.5 Å². The Morgan fingerprint density at radius 3 is 2.57 bits per heavy atom. The summed E-state index contributed by atoms with van der Waals surface area (Å²) in [6.45, 7) is 1.95. The maximum atomic E-state index is 12.4. The van der Waals surface area contributed by atoms with Crippen LogP contribution in [0.1, 0.15) is 35.7 Å². The molecule has 2 aromatic carbocycles. The Morgan fingerprint density at radius 1 is 1.14 bits per heavy atom. The summed E-state index contributed by atoms with van der Waals surface area (Å²) in [5.41, 5.74) is 2.81. The summed E-state index contributed by atoms with van der Waals surface area (Å²) in [4.78, 5) is 36.1. The number of benzene rings is 2. The number of anilines is 1. The first kappa shape index (κ1) is 19.4. The molecule has 1 amide bonds. The number of fused-ring (bicyclic) bond motifs is 1. The topological polar surface area (TPSA) is 90.5 Å². The van der Waals surface area contributed by atoms with Crippen LogP contribution in [0.25, 0.3) is 11.1 Å². The third-order valence-electron chi connectivity index (χ3n) is 4.45. The summed E-state index contributed by atoms with van der Waals surface area (Å²) >= 11 is 0. The van der Waals surface area contributed by atoms with E-state index in [2.05, 4.69) is 17.0 Å². The van der Waals surface area contributed by atoms with Crippen molar-refractivity contribution >= 4 is 28.7 Å². The molecule has 146 valence electrons. The molecular weight excluding hydrogens is 360 g/mol. The Labute approximate surface area is 161 Å². The van der Waals surface area contributed by atoms with E-state index in [4.69, 9.17) is 4.42 Å². The first-order valence-corrected chi connectivity index (χ1v) is 9.12. The number of hydrogen-bond acceptors (Lipinski definition) is 5. The molecule has 0 spiro atoms. The molecule has 0 aliphatic heterocycles. The van der Waals surface area contributed by atoms with Gasteiger partial charge in [0, 0.05) is 5.69 Å². The van der Waals surface area contributed by atoms with Gasteiger partial charge in [-0.05, 0) is 48.7 Å². The van der Waals surface area contributed by atoms with Crippen LogP contribution < -0.4 is 11.1 Å². The number of unbranched alkanes of at least 4 members (excludes halogenated alkanes) is 1. The molecule has 1 heterocycles. The highest BCUT2D eigenvalue weighted by atomic mass is 16.5. The average molecular weight is 382 g/mol. The van der Waals surface area contributed by atoms with Gasteiger partial charge in [0.15, 0.2) is 5.58 Å². The first-order chi connectivity index (χ1) is 13.5. The molecule has 0 saturated carbocycles. The fourth-order valence-corrected chi connectivity index (χ4v) is 2.94. The summed E-state index contributed by atoms with van der Waals surface area (Å²) in [5.74, 6) is -1.54. The molecule has 0 atom stereocenters. The second-order valence-electron chi connectivity index (χ2n) is 6.48. The van der Waals surface area contributed by atoms with Gasteiger partial charge in [0.1, 0.15) is 6.54 Å². The van der Waals surface area contributed by atoms with E-state index < -0.39 is 11.7 Å². The van der Waals surface area contributed by atoms with E-state index in [1.165, 1.54) is 29.4 Å². The molecule has 3 aromatic rings. The Balaban J connectivity index is 1.73. The summed E-state index contributed by atoms with van der Waals surface area (Å²) in [7, 11) is 1.27. The van der Waals surface area contributed by atoms with Gasteiger partial charge >= 0.3 is 11.7 Å². The fourth-order valence-electron chi connectivity index (χ4n) is 2.94. The van der Waals surface area contributed by atoms with Crippen molar-refractivity contribution in [2.45, 2.75) is 32.7 Å². The van der Waals surface area contributed by atoms with Gasteiger partial charge in [-0.3, -0.25) is 9.36 Å². The Kier molecular flexibility index (Phi) is 5.93. The van der Waals surface area contributed by atoms with Crippen molar-refractivity contribution < 1.29 is 18.7 Å². The number of methoxy groups -OCH3 is 1. The summed E-state index contributed by atoms with van der Waals surface area (Å²) in [6, 6.07) is 12.2. The summed E-state index contributed by atoms with van der Waals surface area (Å²) in [5, 5.41) is 2.78. The van der Waals surface area contributed by atoms with Crippen LogP contribution in [0.5, 0.6) is 0 Å². The van der Waals surface area contributed by atoms with Crippen LogP contribution in [0, 0.1) is 0 Å². The van der Waals surface area contributed by atoms with Crippen molar-refractivity contribution in [3.8, 4) is 0 Å². The van der Waals surface area contributed by atoms with Gasteiger partial charge < -0.3 is 14.5 Å². The molecular formula is C21H22N2O5. The lowest BCUT2D eigenvalue weighted by Gasteiger charge is -2.07. The van der Waals surface area contributed by atoms with Gasteiger partial charge in [-0.15, -0.1) is 0 Å². The zero-order chi connectivity index (χ0) is 20.1. The molecule has 1 N–H and O–H groups in total. The van der Waals surface area contributed by atoms with Gasteiger partial charge in [0.25, 0.3) is 0 Å². The number of ether oxygens (including phenoxy) is 1. The smallest absolute Gasteiger partial charge is 0.420 e. The van der Waals surface area contributed by atoms with E-state index >= 15 is 0 Å². The normalized spacial score (nSPS) is 10.8. The maximum absolute atomic E-state index is 12.4. The highest BCUT2D eigenvalue weighted by molar-refractivity contribution is 5.94. The van der Waals surface area contributed by atoms with Crippen molar-refractivity contribution in [2.24, 2.45) is 0 Å². The van der Waals surface area contributed by atoms with Gasteiger partial charge in [0.05, 0.1) is 18.2 Å². The maximum Gasteiger partial charge on any atom is 0.420 e. The molecule has 3 rings (SSSR count). The number of nitrogens with one attached hydrogen (secondary N) is 1. The predicted molar refractivity (Wildman–Crippen MR) is 105 cm³/mol. The first-order valence-electron chi connectivity index (χ1n) is 9.12. The van der Waals surface area contributed by atoms with Crippen LogP contribution in [-0.2, 0) is 22.5 Å². The van der Waals surface area contributed by atoms with Crippen LogP contribution in [0.3, 0.4) is 0 Å². The van der Waals surface area contributed by atoms with Gasteiger partial charge in [-0.2, -0.15) is 0 Å². The second-order valence-corrected chi connectivity index (χ2v) is 6.48. The molecule has 0 aliphatic carbocycles. The number of nitrogens with zero attached hydrogens (tertiary/aromatic N) is 1. The molecule has 28 heavy (non-hydrogen) atoms. The van der Waals surface area contributed by atoms with Gasteiger partial charge in [-0.25, -0.2) is 9.59 Å². The van der Waals surface area contributed by atoms with Crippen LogP contribution in [0.2, 0.25) is 0 Å². The fraction of sp³-hybridized carbons (Fsp3) is 0.286. The van der Waals surface area contributed by atoms with Crippen molar-refractivity contribution in [3.63, 3.8) is 0 Å². The summed E-state index contributed by atoms with van der Waals surface area (Å²) in [6.07, 6.45) is 3.27. The number of carbonyl (C=O) groups is 2. The van der Waals surface area contributed by atoms with Crippen LogP contribution in [0.4, 0.5) is 5.69 Å². The number of carbonyl (C=O) groups excluding carboxylic acids is 2. The number of aromatic nitrogens is 1. The molecule has 0 aliphatic rings. The molecule has 1 aromatic heterocycles. The number of amides is 1. The van der Waals surface area contributed by atoms with Crippen LogP contribution in [0.15, 0.2) is 51.7 Å². The number of rotatable bonds is 7. The standard InChI is InChI=1S/C21H22N2O5/c1-3-4-5-14-6-9-16(10-7-14)22-19(24)13-23-17-11-8-15(20(25)27-2)12-18(17)28-21(23)26/h6-12H,3-5,13H2,1-2H3,(H,22,24). The lowest BCUT2D eigenvalue weighted by molar-refractivity contribution is -0.116. The summed E-state index contributed by atoms with van der Waals surface area (Å²) < 4.78 is 11.0. The third-order valence-corrected chi connectivity index (χ3v) is 4.45. The minimum atomic E-state index is -0.665. The third kappa shape index (κ3) is 4.31. The molecule has 0 radical (unpaired) electrons. The molecule has 0 saturated heterocycles. The van der Waals surface area contributed by atoms with Crippen molar-refractivity contribution in [1.29, 1.82) is 0 Å². The van der Waals surface area contributed by atoms with E-state index in [-0.39, 0.29) is 23.6 Å². The van der Waals surface area contributed by atoms with E-state index in [1.807, 2.05) is 24.3 Å². The predicted octanol–water partition coefficient (Wildman–Crippen LogP) is 3.36. The Morgan fingerprint density at radius 2 is 1.89 bits per heavy atom. The zero-order valence-electron chi connectivity index (χ0n) is 15.9. The van der Waals surface area contributed by atoms with Crippen molar-refractivity contribution in [3.05, 3.63) is 64.1 Å². The van der Waals surface area contributed by atoms with Crippen molar-refractivity contribution in [2.75, 3.05) is 12.4 Å². The van der Waals surface area contributed by atoms with Crippen LogP contribution in [-0.4, -0.2) is 23.6 Å². The van der Waals surface area contributed by atoms with Crippen LogP contribution >= 0.6 is 0 Å². The highest BCUT2D eigenvalue weighted by Crippen LogP contribution is 2.17. The number of esters is 1. The highest BCUT2D eigenvalue weighted by Gasteiger charge is 2.15. The molecule has 7 heteroatoms. The molecule has 0 bridgehead atoms. The monoisotopic (exact) mass is 382 g/mol. The largest absolute Gasteiger partial charge is 0.465 e. The SMILES string of the molecule is CCCCc1ccc(NC(=O)Cn2c(=O)oc3cc(C(=O)OC)ccc32)cc1. The quantitative estimate of drug-likeness (QED) is 0.633. The van der Waals surface area contributed by atoms with E-state index in [0.29, 0.717) is 11.2 Å². The number of hydrogen-bond donors (Lipinski definition) is 1. The lowest BCUT2D eigenvalue weighted by atomic mass is 10.1. The zero-order valence-corrected chi connectivity index (χ0v) is 15.9. The Bertz CT molecular complexity index is 1050. The number of aryl methyl sites for hydroxylation is 1. The molecule has 0 fully saturated rings. The van der Waals surface area contributed by atoms with Crippen molar-refractivity contribution in [1.82, 2.24) is 4.57 Å². The molecule has 7 nitrogen and oxygen atoms in total. The van der Waals surface area contributed by atoms with Gasteiger partial charge in [0.2, 0.25) is 5.91 Å². The minimum Gasteiger partial charge on any atom is -0.465 e. The Hall–Kier alpha value is -3.35. The van der Waals surface area contributed by atoms with E-state index in [9.17, 15) is 14.4 Å². The second kappa shape index (κ2) is 8.56. The van der Waals surface area contributed by atoms with E-state index in [0.717, 1.165) is 19.3 Å². The minimum absolute atomic E-state index is 0.193. The van der Waals surface area contributed by atoms with E-state index in [1.54, 1.807) is 6.07 Å². The number of oxazole rings is 1. The average Bonchev–Trinajstić information content (AvgIpc) is 3.01.